The molecule has 2 aromatic carbocycles. The summed E-state index contributed by atoms with van der Waals surface area (Å²) in [7, 11) is -3.46. The quantitative estimate of drug-likeness (QED) is 0.679. The molecule has 2 amide bonds. The number of rotatable bonds is 7. The van der Waals surface area contributed by atoms with E-state index in [0.717, 1.165) is 11.4 Å². The molecule has 2 aromatic rings. The highest BCUT2D eigenvalue weighted by Crippen LogP contribution is 2.25. The third kappa shape index (κ3) is 5.11. The normalized spacial score (nSPS) is 19.9. The minimum absolute atomic E-state index is 0.0378. The zero-order valence-corrected chi connectivity index (χ0v) is 18.7. The van der Waals surface area contributed by atoms with Gasteiger partial charge in [0.2, 0.25) is 21.8 Å². The molecule has 2 saturated heterocycles. The van der Waals surface area contributed by atoms with Gasteiger partial charge in [0.15, 0.2) is 0 Å². The lowest BCUT2D eigenvalue weighted by Gasteiger charge is -2.35. The lowest BCUT2D eigenvalue weighted by Crippen LogP contribution is -2.50. The van der Waals surface area contributed by atoms with Gasteiger partial charge in [0, 0.05) is 57.1 Å². The van der Waals surface area contributed by atoms with Gasteiger partial charge in [-0.2, -0.15) is 4.31 Å². The Morgan fingerprint density at radius 1 is 0.906 bits per heavy atom. The molecule has 32 heavy (non-hydrogen) atoms. The standard InChI is InChI=1S/C23H28N4O4S/c28-22-17-19(18-27(22)21-9-5-2-6-10-21)23(29)24-11-16-32(30,31)26-14-12-25(13-15-26)20-7-3-1-4-8-20/h1-10,19H,11-18H2,(H,24,29)/t19-/m0/s1. The second-order valence-electron chi connectivity index (χ2n) is 8.07. The molecule has 1 atom stereocenters. The van der Waals surface area contributed by atoms with Crippen LogP contribution in [-0.2, 0) is 19.6 Å². The first-order valence-electron chi connectivity index (χ1n) is 10.8. The van der Waals surface area contributed by atoms with Gasteiger partial charge in [0.05, 0.1) is 11.7 Å². The molecule has 8 nitrogen and oxygen atoms in total. The summed E-state index contributed by atoms with van der Waals surface area (Å²) in [6.45, 7) is 2.46. The van der Waals surface area contributed by atoms with Crippen LogP contribution in [0, 0.1) is 5.92 Å². The van der Waals surface area contributed by atoms with Crippen LogP contribution in [0.5, 0.6) is 0 Å². The third-order valence-corrected chi connectivity index (χ3v) is 7.85. The highest BCUT2D eigenvalue weighted by Gasteiger charge is 2.35. The Balaban J connectivity index is 1.23. The van der Waals surface area contributed by atoms with Gasteiger partial charge in [0.25, 0.3) is 0 Å². The molecule has 0 aliphatic carbocycles. The van der Waals surface area contributed by atoms with Crippen LogP contribution in [0.2, 0.25) is 0 Å². The van der Waals surface area contributed by atoms with Crippen LogP contribution in [0.15, 0.2) is 60.7 Å². The van der Waals surface area contributed by atoms with Crippen molar-refractivity contribution >= 4 is 33.2 Å². The molecule has 4 rings (SSSR count). The number of nitrogens with zero attached hydrogens (tertiary/aromatic N) is 3. The molecule has 0 spiro atoms. The maximum atomic E-state index is 12.7. The average molecular weight is 457 g/mol. The molecule has 0 aromatic heterocycles. The van der Waals surface area contributed by atoms with E-state index in [0.29, 0.717) is 32.7 Å². The van der Waals surface area contributed by atoms with Gasteiger partial charge in [-0.15, -0.1) is 0 Å². The molecule has 0 saturated carbocycles. The average Bonchev–Trinajstić information content (AvgIpc) is 3.22. The minimum Gasteiger partial charge on any atom is -0.369 e. The van der Waals surface area contributed by atoms with Crippen LogP contribution in [0.25, 0.3) is 0 Å². The topological polar surface area (TPSA) is 90.0 Å². The Bertz CT molecular complexity index is 1040. The molecule has 2 heterocycles. The number of benzene rings is 2. The fourth-order valence-corrected chi connectivity index (χ4v) is 5.52. The van der Waals surface area contributed by atoms with E-state index in [2.05, 4.69) is 10.2 Å². The molecule has 2 fully saturated rings. The van der Waals surface area contributed by atoms with Gasteiger partial charge in [-0.25, -0.2) is 8.42 Å². The second kappa shape index (κ2) is 9.70. The fraction of sp³-hybridized carbons (Fsp3) is 0.391. The lowest BCUT2D eigenvalue weighted by atomic mass is 10.1. The van der Waals surface area contributed by atoms with Gasteiger partial charge >= 0.3 is 0 Å². The summed E-state index contributed by atoms with van der Waals surface area (Å²) in [6.07, 6.45) is 0.134. The molecule has 0 radical (unpaired) electrons. The lowest BCUT2D eigenvalue weighted by molar-refractivity contribution is -0.126. The molecule has 170 valence electrons. The van der Waals surface area contributed by atoms with Crippen molar-refractivity contribution < 1.29 is 18.0 Å². The summed E-state index contributed by atoms with van der Waals surface area (Å²) in [5, 5.41) is 2.71. The Morgan fingerprint density at radius 3 is 2.12 bits per heavy atom. The Hall–Kier alpha value is -2.91. The number of carbonyl (C=O) groups excluding carboxylic acids is 2. The van der Waals surface area contributed by atoms with Crippen LogP contribution in [0.4, 0.5) is 11.4 Å². The molecule has 9 heteroatoms. The van der Waals surface area contributed by atoms with Crippen molar-refractivity contribution in [3.63, 3.8) is 0 Å². The van der Waals surface area contributed by atoms with Gasteiger partial charge in [-0.3, -0.25) is 9.59 Å². The van der Waals surface area contributed by atoms with Crippen LogP contribution >= 0.6 is 0 Å². The fourth-order valence-electron chi connectivity index (χ4n) is 4.18. The SMILES string of the molecule is O=C(NCCS(=O)(=O)N1CCN(c2ccccc2)CC1)[C@H]1CC(=O)N(c2ccccc2)C1. The minimum atomic E-state index is -3.46. The largest absolute Gasteiger partial charge is 0.369 e. The number of carbonyl (C=O) groups is 2. The van der Waals surface area contributed by atoms with Crippen molar-refractivity contribution in [3.8, 4) is 0 Å². The van der Waals surface area contributed by atoms with Crippen molar-refractivity contribution in [1.29, 1.82) is 0 Å². The zero-order valence-electron chi connectivity index (χ0n) is 17.9. The zero-order chi connectivity index (χ0) is 22.6. The Morgan fingerprint density at radius 2 is 1.50 bits per heavy atom. The molecule has 0 bridgehead atoms. The third-order valence-electron chi connectivity index (χ3n) is 5.98. The second-order valence-corrected chi connectivity index (χ2v) is 10.2. The summed E-state index contributed by atoms with van der Waals surface area (Å²) in [4.78, 5) is 28.6. The summed E-state index contributed by atoms with van der Waals surface area (Å²) in [5.74, 6) is -0.992. The molecule has 0 unspecified atom stereocenters. The monoisotopic (exact) mass is 456 g/mol. The van der Waals surface area contributed by atoms with E-state index >= 15 is 0 Å². The van der Waals surface area contributed by atoms with Crippen molar-refractivity contribution in [2.75, 3.05) is 54.8 Å². The van der Waals surface area contributed by atoms with Crippen molar-refractivity contribution in [1.82, 2.24) is 9.62 Å². The van der Waals surface area contributed by atoms with Crippen LogP contribution in [-0.4, -0.2) is 69.6 Å². The van der Waals surface area contributed by atoms with E-state index < -0.39 is 15.9 Å². The Kier molecular flexibility index (Phi) is 6.76. The van der Waals surface area contributed by atoms with Gasteiger partial charge in [0.1, 0.15) is 0 Å². The number of hydrogen-bond donors (Lipinski definition) is 1. The predicted octanol–water partition coefficient (Wildman–Crippen LogP) is 1.31. The number of para-hydroxylation sites is 2. The van der Waals surface area contributed by atoms with Crippen molar-refractivity contribution in [2.24, 2.45) is 5.92 Å². The van der Waals surface area contributed by atoms with E-state index in [9.17, 15) is 18.0 Å². The molecule has 2 aliphatic heterocycles. The summed E-state index contributed by atoms with van der Waals surface area (Å²) >= 11 is 0. The highest BCUT2D eigenvalue weighted by atomic mass is 32.2. The molecule has 1 N–H and O–H groups in total. The Labute approximate surface area is 188 Å². The first kappa shape index (κ1) is 22.3. The predicted molar refractivity (Wildman–Crippen MR) is 124 cm³/mol. The van der Waals surface area contributed by atoms with E-state index in [1.807, 2.05) is 60.7 Å². The number of nitrogens with one attached hydrogen (secondary N) is 1. The van der Waals surface area contributed by atoms with E-state index in [-0.39, 0.29) is 30.5 Å². The molecular weight excluding hydrogens is 428 g/mol. The number of sulfonamides is 1. The van der Waals surface area contributed by atoms with Gasteiger partial charge < -0.3 is 15.1 Å². The number of piperazine rings is 1. The van der Waals surface area contributed by atoms with Crippen LogP contribution in [0.3, 0.4) is 0 Å². The first-order valence-corrected chi connectivity index (χ1v) is 12.5. The van der Waals surface area contributed by atoms with E-state index in [1.165, 1.54) is 4.31 Å². The van der Waals surface area contributed by atoms with Crippen molar-refractivity contribution in [2.45, 2.75) is 6.42 Å². The van der Waals surface area contributed by atoms with E-state index in [4.69, 9.17) is 0 Å². The maximum Gasteiger partial charge on any atom is 0.227 e. The summed E-state index contributed by atoms with van der Waals surface area (Å²) < 4.78 is 26.9. The number of hydrogen-bond acceptors (Lipinski definition) is 5. The molecular formula is C23H28N4O4S. The number of anilines is 2. The summed E-state index contributed by atoms with van der Waals surface area (Å²) in [5.41, 5.74) is 1.86. The molecule has 2 aliphatic rings. The smallest absolute Gasteiger partial charge is 0.227 e. The summed E-state index contributed by atoms with van der Waals surface area (Å²) in [6, 6.07) is 19.2. The first-order chi connectivity index (χ1) is 15.4. The van der Waals surface area contributed by atoms with Crippen molar-refractivity contribution in [3.05, 3.63) is 60.7 Å². The van der Waals surface area contributed by atoms with E-state index in [1.54, 1.807) is 4.90 Å². The van der Waals surface area contributed by atoms with Crippen LogP contribution < -0.4 is 15.1 Å². The maximum absolute atomic E-state index is 12.7. The van der Waals surface area contributed by atoms with Gasteiger partial charge in [-0.05, 0) is 24.3 Å². The van der Waals surface area contributed by atoms with Gasteiger partial charge in [-0.1, -0.05) is 36.4 Å². The highest BCUT2D eigenvalue weighted by molar-refractivity contribution is 7.89. The number of amides is 2. The van der Waals surface area contributed by atoms with Crippen LogP contribution in [0.1, 0.15) is 6.42 Å².